The van der Waals surface area contributed by atoms with Crippen molar-refractivity contribution in [2.45, 2.75) is 19.4 Å². The van der Waals surface area contributed by atoms with Crippen LogP contribution >= 0.6 is 0 Å². The van der Waals surface area contributed by atoms with Gasteiger partial charge in [0.2, 0.25) is 5.91 Å². The molecule has 2 heterocycles. The van der Waals surface area contributed by atoms with E-state index in [9.17, 15) is 4.79 Å². The molecule has 4 nitrogen and oxygen atoms in total. The molecule has 0 aliphatic heterocycles. The van der Waals surface area contributed by atoms with E-state index in [0.717, 1.165) is 22.2 Å². The summed E-state index contributed by atoms with van der Waals surface area (Å²) in [6.45, 7) is 2.00. The molecule has 3 aromatic rings. The average Bonchev–Trinajstić information content (AvgIpc) is 2.85. The van der Waals surface area contributed by atoms with Crippen molar-refractivity contribution in [1.82, 2.24) is 14.9 Å². The molecule has 0 unspecified atom stereocenters. The summed E-state index contributed by atoms with van der Waals surface area (Å²) in [5.74, 6) is 0.0210. The highest BCUT2D eigenvalue weighted by molar-refractivity contribution is 5.87. The van der Waals surface area contributed by atoms with Gasteiger partial charge in [-0.05, 0) is 30.2 Å². The van der Waals surface area contributed by atoms with Crippen molar-refractivity contribution in [1.29, 1.82) is 0 Å². The van der Waals surface area contributed by atoms with E-state index in [0.29, 0.717) is 6.42 Å². The van der Waals surface area contributed by atoms with E-state index in [1.807, 2.05) is 67.2 Å². The maximum atomic E-state index is 12.3. The number of carbonyl (C=O) groups is 1. The van der Waals surface area contributed by atoms with Gasteiger partial charge < -0.3 is 9.88 Å². The summed E-state index contributed by atoms with van der Waals surface area (Å²) < 4.78 is 1.96. The lowest BCUT2D eigenvalue weighted by atomic mass is 10.1. The molecule has 3 rings (SSSR count). The third-order valence-electron chi connectivity index (χ3n) is 3.84. The lowest BCUT2D eigenvalue weighted by Crippen LogP contribution is -2.28. The Morgan fingerprint density at radius 2 is 2.00 bits per heavy atom. The number of aryl methyl sites for hydroxylation is 1. The zero-order chi connectivity index (χ0) is 15.5. The summed E-state index contributed by atoms with van der Waals surface area (Å²) in [6, 6.07) is 13.9. The maximum Gasteiger partial charge on any atom is 0.224 e. The molecule has 0 aliphatic carbocycles. The number of amides is 1. The molecule has 1 atom stereocenters. The standard InChI is InChI=1S/C18H19N3O/c1-13(14-7-4-3-5-8-14)20-17(22)11-15-12-21(2)18-16(15)9-6-10-19-18/h3-10,12-13H,11H2,1-2H3,(H,20,22)/t13-/m1/s1. The minimum absolute atomic E-state index is 0.00167. The van der Waals surface area contributed by atoms with Crippen LogP contribution in [0.2, 0.25) is 0 Å². The Balaban J connectivity index is 1.74. The summed E-state index contributed by atoms with van der Waals surface area (Å²) in [5.41, 5.74) is 3.01. The summed E-state index contributed by atoms with van der Waals surface area (Å²) in [6.07, 6.45) is 4.11. The number of hydrogen-bond donors (Lipinski definition) is 1. The van der Waals surface area contributed by atoms with Crippen molar-refractivity contribution in [3.63, 3.8) is 0 Å². The first-order valence-corrected chi connectivity index (χ1v) is 7.38. The zero-order valence-corrected chi connectivity index (χ0v) is 12.8. The second kappa shape index (κ2) is 6.02. The number of aromatic nitrogens is 2. The number of hydrogen-bond acceptors (Lipinski definition) is 2. The van der Waals surface area contributed by atoms with Crippen LogP contribution in [0.15, 0.2) is 54.9 Å². The van der Waals surface area contributed by atoms with Gasteiger partial charge in [0.1, 0.15) is 5.65 Å². The molecule has 0 saturated heterocycles. The Hall–Kier alpha value is -2.62. The molecule has 0 bridgehead atoms. The SMILES string of the molecule is C[C@@H](NC(=O)Cc1cn(C)c2ncccc12)c1ccccc1. The van der Waals surface area contributed by atoms with E-state index in [1.165, 1.54) is 0 Å². The largest absolute Gasteiger partial charge is 0.349 e. The second-order valence-electron chi connectivity index (χ2n) is 5.52. The van der Waals surface area contributed by atoms with Gasteiger partial charge in [-0.1, -0.05) is 30.3 Å². The first-order valence-electron chi connectivity index (χ1n) is 7.38. The Morgan fingerprint density at radius 3 is 2.77 bits per heavy atom. The Morgan fingerprint density at radius 1 is 1.23 bits per heavy atom. The topological polar surface area (TPSA) is 46.9 Å². The third kappa shape index (κ3) is 2.86. The fraction of sp³-hybridized carbons (Fsp3) is 0.222. The van der Waals surface area contributed by atoms with Crippen LogP contribution < -0.4 is 5.32 Å². The molecular weight excluding hydrogens is 274 g/mol. The van der Waals surface area contributed by atoms with Gasteiger partial charge in [0, 0.05) is 24.8 Å². The van der Waals surface area contributed by atoms with E-state index in [1.54, 1.807) is 6.20 Å². The number of benzene rings is 1. The van der Waals surface area contributed by atoms with E-state index < -0.39 is 0 Å². The molecule has 0 spiro atoms. The number of rotatable bonds is 4. The van der Waals surface area contributed by atoms with Crippen LogP contribution in [-0.2, 0) is 18.3 Å². The molecule has 1 N–H and O–H groups in total. The number of nitrogens with one attached hydrogen (secondary N) is 1. The number of nitrogens with zero attached hydrogens (tertiary/aromatic N) is 2. The van der Waals surface area contributed by atoms with Gasteiger partial charge in [0.05, 0.1) is 12.5 Å². The Bertz CT molecular complexity index is 792. The van der Waals surface area contributed by atoms with Crippen LogP contribution in [0.4, 0.5) is 0 Å². The van der Waals surface area contributed by atoms with Crippen molar-refractivity contribution in [3.8, 4) is 0 Å². The molecule has 0 fully saturated rings. The molecule has 22 heavy (non-hydrogen) atoms. The highest BCUT2D eigenvalue weighted by atomic mass is 16.1. The van der Waals surface area contributed by atoms with Crippen molar-refractivity contribution in [3.05, 3.63) is 66.0 Å². The molecule has 1 amide bonds. The monoisotopic (exact) mass is 293 g/mol. The first-order chi connectivity index (χ1) is 10.6. The molecule has 4 heteroatoms. The minimum atomic E-state index is 0.00167. The first kappa shape index (κ1) is 14.3. The van der Waals surface area contributed by atoms with Gasteiger partial charge in [-0.3, -0.25) is 4.79 Å². The number of pyridine rings is 1. The predicted molar refractivity (Wildman–Crippen MR) is 87.4 cm³/mol. The van der Waals surface area contributed by atoms with Crippen LogP contribution in [0.3, 0.4) is 0 Å². The quantitative estimate of drug-likeness (QED) is 0.804. The molecule has 0 radical (unpaired) electrons. The zero-order valence-electron chi connectivity index (χ0n) is 12.8. The van der Waals surface area contributed by atoms with Crippen molar-refractivity contribution >= 4 is 16.9 Å². The molecule has 112 valence electrons. The lowest BCUT2D eigenvalue weighted by Gasteiger charge is -2.14. The lowest BCUT2D eigenvalue weighted by molar-refractivity contribution is -0.121. The molecule has 1 aromatic carbocycles. The normalized spacial score (nSPS) is 12.3. The molecule has 0 saturated carbocycles. The van der Waals surface area contributed by atoms with E-state index in [2.05, 4.69) is 10.3 Å². The van der Waals surface area contributed by atoms with Gasteiger partial charge in [0.25, 0.3) is 0 Å². The summed E-state index contributed by atoms with van der Waals surface area (Å²) in [7, 11) is 1.95. The fourth-order valence-electron chi connectivity index (χ4n) is 2.72. The second-order valence-corrected chi connectivity index (χ2v) is 5.52. The highest BCUT2D eigenvalue weighted by Gasteiger charge is 2.13. The van der Waals surface area contributed by atoms with E-state index in [-0.39, 0.29) is 11.9 Å². The van der Waals surface area contributed by atoms with Crippen LogP contribution in [0, 0.1) is 0 Å². The van der Waals surface area contributed by atoms with Crippen molar-refractivity contribution in [2.24, 2.45) is 7.05 Å². The Labute approximate surface area is 129 Å². The summed E-state index contributed by atoms with van der Waals surface area (Å²) >= 11 is 0. The van der Waals surface area contributed by atoms with Gasteiger partial charge in [-0.15, -0.1) is 0 Å². The summed E-state index contributed by atoms with van der Waals surface area (Å²) in [4.78, 5) is 16.7. The van der Waals surface area contributed by atoms with E-state index >= 15 is 0 Å². The van der Waals surface area contributed by atoms with Crippen LogP contribution in [0.5, 0.6) is 0 Å². The van der Waals surface area contributed by atoms with E-state index in [4.69, 9.17) is 0 Å². The third-order valence-corrected chi connectivity index (χ3v) is 3.84. The Kier molecular flexibility index (Phi) is 3.92. The fourth-order valence-corrected chi connectivity index (χ4v) is 2.72. The predicted octanol–water partition coefficient (Wildman–Crippen LogP) is 2.99. The molecular formula is C18H19N3O. The molecule has 0 aliphatic rings. The van der Waals surface area contributed by atoms with Gasteiger partial charge in [-0.25, -0.2) is 4.98 Å². The highest BCUT2D eigenvalue weighted by Crippen LogP contribution is 2.19. The van der Waals surface area contributed by atoms with Crippen LogP contribution in [0.25, 0.3) is 11.0 Å². The minimum Gasteiger partial charge on any atom is -0.349 e. The molecule has 2 aromatic heterocycles. The van der Waals surface area contributed by atoms with Gasteiger partial charge >= 0.3 is 0 Å². The maximum absolute atomic E-state index is 12.3. The van der Waals surface area contributed by atoms with Gasteiger partial charge in [0.15, 0.2) is 0 Å². The number of fused-ring (bicyclic) bond motifs is 1. The van der Waals surface area contributed by atoms with Crippen LogP contribution in [0.1, 0.15) is 24.1 Å². The van der Waals surface area contributed by atoms with Crippen molar-refractivity contribution < 1.29 is 4.79 Å². The summed E-state index contributed by atoms with van der Waals surface area (Å²) in [5, 5.41) is 4.08. The van der Waals surface area contributed by atoms with Gasteiger partial charge in [-0.2, -0.15) is 0 Å². The van der Waals surface area contributed by atoms with Crippen molar-refractivity contribution in [2.75, 3.05) is 0 Å². The van der Waals surface area contributed by atoms with Crippen LogP contribution in [-0.4, -0.2) is 15.5 Å². The number of carbonyl (C=O) groups excluding carboxylic acids is 1. The average molecular weight is 293 g/mol. The smallest absolute Gasteiger partial charge is 0.224 e.